The van der Waals surface area contributed by atoms with Crippen LogP contribution in [-0.4, -0.2) is 152 Å². The van der Waals surface area contributed by atoms with Crippen LogP contribution < -0.4 is 0 Å². The van der Waals surface area contributed by atoms with Crippen LogP contribution in [0.3, 0.4) is 0 Å². The molecular weight excluding hydrogens is 499 g/mol. The normalized spacial score (nSPS) is 11.3. The molecule has 0 aromatic carbocycles. The van der Waals surface area contributed by atoms with Gasteiger partial charge in [0.05, 0.1) is 146 Å². The highest BCUT2D eigenvalue weighted by Crippen LogP contribution is 1.88. The van der Waals surface area contributed by atoms with Crippen molar-refractivity contribution in [3.63, 3.8) is 0 Å². The van der Waals surface area contributed by atoms with Gasteiger partial charge >= 0.3 is 5.97 Å². The van der Waals surface area contributed by atoms with E-state index in [1.165, 1.54) is 7.11 Å². The number of carbonyl (C=O) groups excluding carboxylic acids is 1. The average Bonchev–Trinajstić information content (AvgIpc) is 2.91. The van der Waals surface area contributed by atoms with Gasteiger partial charge in [0.15, 0.2) is 0 Å². The smallest absolute Gasteiger partial charge is 0.307 e. The summed E-state index contributed by atoms with van der Waals surface area (Å²) < 4.78 is 69.5. The zero-order valence-corrected chi connectivity index (χ0v) is 22.3. The topological polar surface area (TPSA) is 119 Å². The third kappa shape index (κ3) is 33.0. The molecule has 0 saturated carbocycles. The molecule has 0 aliphatic carbocycles. The van der Waals surface area contributed by atoms with Crippen molar-refractivity contribution in [3.05, 3.63) is 0 Å². The van der Waals surface area contributed by atoms with Crippen LogP contribution in [0.15, 0.2) is 0 Å². The first-order valence-corrected chi connectivity index (χ1v) is 12.7. The summed E-state index contributed by atoms with van der Waals surface area (Å²) in [4.78, 5) is 10.9. The molecule has 0 spiro atoms. The lowest BCUT2D eigenvalue weighted by atomic mass is 10.5. The fourth-order valence-electron chi connectivity index (χ4n) is 2.39. The van der Waals surface area contributed by atoms with E-state index in [2.05, 4.69) is 4.74 Å². The van der Waals surface area contributed by atoms with Crippen LogP contribution in [0.2, 0.25) is 0 Å². The summed E-state index contributed by atoms with van der Waals surface area (Å²) in [7, 11) is 1.35. The van der Waals surface area contributed by atoms with Crippen molar-refractivity contribution in [2.75, 3.05) is 146 Å². The molecule has 0 rings (SSSR count). The van der Waals surface area contributed by atoms with Gasteiger partial charge in [-0.15, -0.1) is 0 Å². The van der Waals surface area contributed by atoms with E-state index in [1.807, 2.05) is 0 Å². The van der Waals surface area contributed by atoms with Crippen molar-refractivity contribution < 1.29 is 61.3 Å². The summed E-state index contributed by atoms with van der Waals surface area (Å²) in [5, 5.41) is 0. The minimum Gasteiger partial charge on any atom is -0.469 e. The van der Waals surface area contributed by atoms with Crippen LogP contribution in [-0.2, 0) is 56.9 Å². The summed E-state index contributed by atoms with van der Waals surface area (Å²) in [6, 6.07) is 0. The standard InChI is InChI=1S/C24H47FO12/c1-27-24(26)2-4-28-6-8-30-10-12-32-14-16-34-18-20-36-22-23-37-21-19-35-17-15-33-13-11-31-9-7-29-5-3-25/h2-23H2,1H3. The molecule has 0 radical (unpaired) electrons. The summed E-state index contributed by atoms with van der Waals surface area (Å²) in [5.41, 5.74) is 0. The second-order valence-corrected chi connectivity index (χ2v) is 7.14. The van der Waals surface area contributed by atoms with Crippen LogP contribution in [0.5, 0.6) is 0 Å². The molecule has 222 valence electrons. The van der Waals surface area contributed by atoms with Gasteiger partial charge in [-0.25, -0.2) is 4.39 Å². The van der Waals surface area contributed by atoms with Crippen LogP contribution in [0.4, 0.5) is 4.39 Å². The molecule has 0 bridgehead atoms. The Bertz CT molecular complexity index is 448. The summed E-state index contributed by atoms with van der Waals surface area (Å²) in [6.45, 7) is 8.44. The van der Waals surface area contributed by atoms with Gasteiger partial charge in [-0.05, 0) is 0 Å². The van der Waals surface area contributed by atoms with E-state index < -0.39 is 6.67 Å². The first-order chi connectivity index (χ1) is 18.3. The van der Waals surface area contributed by atoms with E-state index in [1.54, 1.807) is 0 Å². The number of halogens is 1. The Morgan fingerprint density at radius 1 is 0.405 bits per heavy atom. The van der Waals surface area contributed by atoms with Gasteiger partial charge in [0, 0.05) is 0 Å². The predicted molar refractivity (Wildman–Crippen MR) is 131 cm³/mol. The number of ether oxygens (including phenoxy) is 11. The number of rotatable bonds is 32. The van der Waals surface area contributed by atoms with E-state index in [-0.39, 0.29) is 19.0 Å². The second kappa shape index (κ2) is 33.0. The number of carbonyl (C=O) groups is 1. The largest absolute Gasteiger partial charge is 0.469 e. The molecule has 0 amide bonds. The number of alkyl halides is 1. The summed E-state index contributed by atoms with van der Waals surface area (Å²) >= 11 is 0. The molecule has 0 atom stereocenters. The monoisotopic (exact) mass is 546 g/mol. The Labute approximate surface area is 220 Å². The molecule has 13 heteroatoms. The van der Waals surface area contributed by atoms with Crippen LogP contribution >= 0.6 is 0 Å². The molecule has 0 aliphatic rings. The molecule has 37 heavy (non-hydrogen) atoms. The van der Waals surface area contributed by atoms with Gasteiger partial charge in [0.1, 0.15) is 6.67 Å². The number of methoxy groups -OCH3 is 1. The molecule has 0 aliphatic heterocycles. The summed E-state index contributed by atoms with van der Waals surface area (Å²) in [6.07, 6.45) is 0.243. The van der Waals surface area contributed by atoms with Gasteiger partial charge in [0.25, 0.3) is 0 Å². The molecule has 0 saturated heterocycles. The van der Waals surface area contributed by atoms with Crippen molar-refractivity contribution in [3.8, 4) is 0 Å². The number of hydrogen-bond acceptors (Lipinski definition) is 12. The van der Waals surface area contributed by atoms with E-state index in [4.69, 9.17) is 47.4 Å². The molecule has 12 nitrogen and oxygen atoms in total. The van der Waals surface area contributed by atoms with Crippen LogP contribution in [0.25, 0.3) is 0 Å². The fourth-order valence-corrected chi connectivity index (χ4v) is 2.39. The zero-order chi connectivity index (χ0) is 26.9. The first-order valence-electron chi connectivity index (χ1n) is 12.7. The highest BCUT2D eigenvalue weighted by Gasteiger charge is 1.99. The Balaban J connectivity index is 3.03. The van der Waals surface area contributed by atoms with Gasteiger partial charge in [-0.3, -0.25) is 4.79 Å². The minimum absolute atomic E-state index is 0.111. The SMILES string of the molecule is COC(=O)CCOCCOCCOCCOCCOCCOCCOCCOCCOCCOCCF. The van der Waals surface area contributed by atoms with E-state index in [0.717, 1.165) is 0 Å². The number of hydrogen-bond donors (Lipinski definition) is 0. The van der Waals surface area contributed by atoms with Gasteiger partial charge in [-0.1, -0.05) is 0 Å². The Hall–Kier alpha value is -1.00. The highest BCUT2D eigenvalue weighted by atomic mass is 19.1. The quantitative estimate of drug-likeness (QED) is 0.0872. The van der Waals surface area contributed by atoms with Crippen molar-refractivity contribution in [1.82, 2.24) is 0 Å². The Morgan fingerprint density at radius 2 is 0.622 bits per heavy atom. The van der Waals surface area contributed by atoms with Crippen LogP contribution in [0, 0.1) is 0 Å². The van der Waals surface area contributed by atoms with Crippen LogP contribution in [0.1, 0.15) is 6.42 Å². The maximum Gasteiger partial charge on any atom is 0.307 e. The number of esters is 1. The lowest BCUT2D eigenvalue weighted by molar-refractivity contribution is -0.141. The lowest BCUT2D eigenvalue weighted by Gasteiger charge is -2.09. The minimum atomic E-state index is -0.476. The van der Waals surface area contributed by atoms with Gasteiger partial charge < -0.3 is 52.1 Å². The van der Waals surface area contributed by atoms with Crippen molar-refractivity contribution in [2.45, 2.75) is 6.42 Å². The maximum absolute atomic E-state index is 11.8. The lowest BCUT2D eigenvalue weighted by Crippen LogP contribution is -2.15. The average molecular weight is 547 g/mol. The predicted octanol–water partition coefficient (Wildman–Crippen LogP) is 0.685. The fraction of sp³-hybridized carbons (Fsp3) is 0.958. The van der Waals surface area contributed by atoms with Gasteiger partial charge in [-0.2, -0.15) is 0 Å². The highest BCUT2D eigenvalue weighted by molar-refractivity contribution is 5.69. The zero-order valence-electron chi connectivity index (χ0n) is 22.3. The summed E-state index contributed by atoms with van der Waals surface area (Å²) in [5.74, 6) is -0.288. The molecule has 0 N–H and O–H groups in total. The molecule has 0 aromatic heterocycles. The van der Waals surface area contributed by atoms with E-state index in [0.29, 0.717) is 126 Å². The first kappa shape index (κ1) is 36.0. The third-order valence-corrected chi connectivity index (χ3v) is 4.25. The molecular formula is C24H47FO12. The van der Waals surface area contributed by atoms with Crippen molar-refractivity contribution in [2.24, 2.45) is 0 Å². The molecule has 0 heterocycles. The van der Waals surface area contributed by atoms with Crippen molar-refractivity contribution in [1.29, 1.82) is 0 Å². The molecule has 0 unspecified atom stereocenters. The third-order valence-electron chi connectivity index (χ3n) is 4.25. The van der Waals surface area contributed by atoms with E-state index >= 15 is 0 Å². The maximum atomic E-state index is 11.8. The second-order valence-electron chi connectivity index (χ2n) is 7.14. The van der Waals surface area contributed by atoms with Crippen molar-refractivity contribution >= 4 is 5.97 Å². The Kier molecular flexibility index (Phi) is 32.1. The van der Waals surface area contributed by atoms with E-state index in [9.17, 15) is 9.18 Å². The molecule has 0 fully saturated rings. The molecule has 0 aromatic rings. The van der Waals surface area contributed by atoms with Gasteiger partial charge in [0.2, 0.25) is 0 Å². The Morgan fingerprint density at radius 3 is 0.838 bits per heavy atom.